The monoisotopic (exact) mass is 612 g/mol. The molecule has 2 aromatic carbocycles. The van der Waals surface area contributed by atoms with Crippen LogP contribution in [0.25, 0.3) is 0 Å². The quantitative estimate of drug-likeness (QED) is 0.0753. The van der Waals surface area contributed by atoms with E-state index in [2.05, 4.69) is 42.5 Å². The molecule has 44 heavy (non-hydrogen) atoms. The Balaban J connectivity index is 2.35. The van der Waals surface area contributed by atoms with E-state index in [-0.39, 0.29) is 45.8 Å². The van der Waals surface area contributed by atoms with Gasteiger partial charge in [0, 0.05) is 11.4 Å². The van der Waals surface area contributed by atoms with Gasteiger partial charge in [0.15, 0.2) is 11.6 Å². The molecule has 2 aromatic rings. The molecule has 0 heterocycles. The molecule has 0 aliphatic heterocycles. The van der Waals surface area contributed by atoms with Crippen LogP contribution in [-0.2, 0) is 0 Å². The lowest BCUT2D eigenvalue weighted by atomic mass is 9.81. The lowest BCUT2D eigenvalue weighted by Crippen LogP contribution is -2.72. The van der Waals surface area contributed by atoms with E-state index < -0.39 is 23.1 Å². The summed E-state index contributed by atoms with van der Waals surface area (Å²) in [6.07, 6.45) is 0. The maximum atomic E-state index is 14.4. The fourth-order valence-corrected chi connectivity index (χ4v) is 6.16. The molecular weight excluding hydrogens is 560 g/mol. The molecule has 0 amide bonds. The topological polar surface area (TPSA) is 171 Å². The third-order valence-corrected chi connectivity index (χ3v) is 8.08. The van der Waals surface area contributed by atoms with Crippen molar-refractivity contribution in [2.75, 3.05) is 49.9 Å². The zero-order valence-electron chi connectivity index (χ0n) is 27.4. The van der Waals surface area contributed by atoms with Crippen LogP contribution in [0.2, 0.25) is 0 Å². The first kappa shape index (κ1) is 35.2. The van der Waals surface area contributed by atoms with Gasteiger partial charge in [-0.3, -0.25) is 30.9 Å². The van der Waals surface area contributed by atoms with Crippen molar-refractivity contribution in [3.05, 3.63) is 46.5 Å². The Hall–Kier alpha value is -3.26. The van der Waals surface area contributed by atoms with E-state index in [9.17, 15) is 19.8 Å². The van der Waals surface area contributed by atoms with Crippen molar-refractivity contribution in [1.82, 2.24) is 31.9 Å². The van der Waals surface area contributed by atoms with Gasteiger partial charge in [-0.05, 0) is 77.4 Å². The van der Waals surface area contributed by atoms with Gasteiger partial charge in [-0.2, -0.15) is 0 Å². The minimum atomic E-state index is -0.899. The highest BCUT2D eigenvalue weighted by Crippen LogP contribution is 2.43. The molecule has 3 rings (SSSR count). The Labute approximate surface area is 261 Å². The van der Waals surface area contributed by atoms with Crippen molar-refractivity contribution in [1.29, 1.82) is 0 Å². The Kier molecular flexibility index (Phi) is 12.1. The number of anilines is 2. The Morgan fingerprint density at radius 3 is 1.14 bits per heavy atom. The predicted octanol–water partition coefficient (Wildman–Crippen LogP) is 2.44. The number of nitrogens with one attached hydrogen (secondary N) is 8. The van der Waals surface area contributed by atoms with Crippen LogP contribution in [0.3, 0.4) is 0 Å². The number of ketones is 2. The highest BCUT2D eigenvalue weighted by Gasteiger charge is 2.43. The molecule has 0 fully saturated rings. The molecule has 12 heteroatoms. The van der Waals surface area contributed by atoms with Crippen LogP contribution in [-0.4, -0.2) is 84.7 Å². The predicted molar refractivity (Wildman–Crippen MR) is 177 cm³/mol. The van der Waals surface area contributed by atoms with Crippen LogP contribution in [0.4, 0.5) is 11.4 Å². The standard InChI is InChI=1S/C32H52N8O4/c1-9-33-19(7)31(35-11-3,36-12-4)39-21-15-16-22(40-32(37-13-5,38-14-6)20(8)34-10-2)26-25(21)29(43)27-23(41)17-18-24(42)28(27)30(26)44/h15-20,33-42H,9-14H2,1-8H3. The van der Waals surface area contributed by atoms with Crippen LogP contribution in [0.1, 0.15) is 87.2 Å². The number of carbonyl (C=O) groups is 2. The van der Waals surface area contributed by atoms with Crippen LogP contribution in [0.15, 0.2) is 24.3 Å². The number of benzene rings is 2. The fourth-order valence-electron chi connectivity index (χ4n) is 6.16. The summed E-state index contributed by atoms with van der Waals surface area (Å²) in [5, 5.41) is 49.6. The molecule has 10 N–H and O–H groups in total. The Morgan fingerprint density at radius 1 is 0.545 bits per heavy atom. The zero-order valence-corrected chi connectivity index (χ0v) is 27.4. The maximum absolute atomic E-state index is 14.4. The lowest BCUT2D eigenvalue weighted by Gasteiger charge is -2.44. The van der Waals surface area contributed by atoms with Gasteiger partial charge in [-0.1, -0.05) is 41.5 Å². The first-order valence-corrected chi connectivity index (χ1v) is 15.9. The van der Waals surface area contributed by atoms with Crippen molar-refractivity contribution in [2.24, 2.45) is 0 Å². The summed E-state index contributed by atoms with van der Waals surface area (Å²) in [5.41, 5.74) is 0.587. The Morgan fingerprint density at radius 2 is 0.864 bits per heavy atom. The van der Waals surface area contributed by atoms with Gasteiger partial charge in [0.05, 0.1) is 34.3 Å². The molecule has 0 radical (unpaired) electrons. The van der Waals surface area contributed by atoms with E-state index in [1.165, 1.54) is 12.1 Å². The lowest BCUT2D eigenvalue weighted by molar-refractivity contribution is 0.0974. The third kappa shape index (κ3) is 6.70. The second-order valence-electron chi connectivity index (χ2n) is 11.0. The van der Waals surface area contributed by atoms with Crippen molar-refractivity contribution in [2.45, 2.75) is 79.0 Å². The van der Waals surface area contributed by atoms with Crippen LogP contribution in [0.5, 0.6) is 11.5 Å². The number of hydrogen-bond donors (Lipinski definition) is 10. The average molecular weight is 613 g/mol. The molecule has 0 spiro atoms. The maximum Gasteiger partial charge on any atom is 0.200 e. The molecule has 0 aromatic heterocycles. The van der Waals surface area contributed by atoms with E-state index >= 15 is 0 Å². The van der Waals surface area contributed by atoms with Crippen molar-refractivity contribution in [3.8, 4) is 11.5 Å². The van der Waals surface area contributed by atoms with Crippen molar-refractivity contribution >= 4 is 22.9 Å². The van der Waals surface area contributed by atoms with Crippen LogP contribution in [0, 0.1) is 0 Å². The normalized spacial score (nSPS) is 14.6. The number of likely N-dealkylation sites (N-methyl/N-ethyl adjacent to an activating group) is 6. The van der Waals surface area contributed by atoms with Crippen molar-refractivity contribution < 1.29 is 19.8 Å². The highest BCUT2D eigenvalue weighted by atomic mass is 16.3. The van der Waals surface area contributed by atoms with E-state index in [0.717, 1.165) is 0 Å². The second kappa shape index (κ2) is 15.2. The average Bonchev–Trinajstić information content (AvgIpc) is 2.98. The fraction of sp³-hybridized carbons (Fsp3) is 0.562. The van der Waals surface area contributed by atoms with Gasteiger partial charge in [0.25, 0.3) is 0 Å². The molecule has 1 aliphatic rings. The van der Waals surface area contributed by atoms with E-state index in [4.69, 9.17) is 0 Å². The SMILES string of the molecule is CCNC(C)C(NCC)(NCC)Nc1ccc(NC(NCC)(NCC)C(C)NCC)c2c1C(=O)c1c(O)ccc(O)c1C2=O. The number of rotatable bonds is 18. The largest absolute Gasteiger partial charge is 0.507 e. The number of phenolic OH excluding ortho intramolecular Hbond substituents is 2. The van der Waals surface area contributed by atoms with Gasteiger partial charge in [-0.25, -0.2) is 0 Å². The Bertz CT molecular complexity index is 1210. The van der Waals surface area contributed by atoms with Gasteiger partial charge in [0.1, 0.15) is 11.5 Å². The number of hydrogen-bond acceptors (Lipinski definition) is 12. The molecule has 12 nitrogen and oxygen atoms in total. The summed E-state index contributed by atoms with van der Waals surface area (Å²) in [6, 6.07) is 5.70. The molecule has 2 unspecified atom stereocenters. The highest BCUT2D eigenvalue weighted by molar-refractivity contribution is 6.33. The first-order chi connectivity index (χ1) is 21.0. The molecular formula is C32H52N8O4. The summed E-state index contributed by atoms with van der Waals surface area (Å²) >= 11 is 0. The van der Waals surface area contributed by atoms with Crippen molar-refractivity contribution in [3.63, 3.8) is 0 Å². The summed E-state index contributed by atoms with van der Waals surface area (Å²) in [7, 11) is 0. The molecule has 0 saturated carbocycles. The molecule has 0 bridgehead atoms. The van der Waals surface area contributed by atoms with Gasteiger partial charge in [0.2, 0.25) is 11.6 Å². The summed E-state index contributed by atoms with van der Waals surface area (Å²) < 4.78 is 0. The summed E-state index contributed by atoms with van der Waals surface area (Å²) in [5.74, 6) is -3.67. The molecule has 1 aliphatic carbocycles. The van der Waals surface area contributed by atoms with Gasteiger partial charge < -0.3 is 31.5 Å². The summed E-state index contributed by atoms with van der Waals surface area (Å²) in [6.45, 7) is 19.9. The third-order valence-electron chi connectivity index (χ3n) is 8.08. The van der Waals surface area contributed by atoms with E-state index in [1.54, 1.807) is 12.1 Å². The molecule has 2 atom stereocenters. The van der Waals surface area contributed by atoms with Crippen LogP contribution >= 0.6 is 0 Å². The smallest absolute Gasteiger partial charge is 0.200 e. The van der Waals surface area contributed by atoms with E-state index in [0.29, 0.717) is 50.6 Å². The zero-order chi connectivity index (χ0) is 32.7. The number of aromatic hydroxyl groups is 2. The summed E-state index contributed by atoms with van der Waals surface area (Å²) in [4.78, 5) is 28.7. The minimum Gasteiger partial charge on any atom is -0.507 e. The first-order valence-electron chi connectivity index (χ1n) is 15.9. The second-order valence-corrected chi connectivity index (χ2v) is 11.0. The van der Waals surface area contributed by atoms with E-state index in [1.807, 2.05) is 55.4 Å². The number of phenols is 2. The number of fused-ring (bicyclic) bond motifs is 2. The molecule has 0 saturated heterocycles. The number of carbonyl (C=O) groups excluding carboxylic acids is 2. The van der Waals surface area contributed by atoms with Crippen LogP contribution < -0.4 is 42.5 Å². The minimum absolute atomic E-state index is 0.107. The van der Waals surface area contributed by atoms with Gasteiger partial charge in [-0.15, -0.1) is 0 Å². The molecule has 244 valence electrons. The van der Waals surface area contributed by atoms with Gasteiger partial charge >= 0.3 is 0 Å².